The number of imidazole rings is 1. The van der Waals surface area contributed by atoms with Crippen LogP contribution in [-0.4, -0.2) is 39.4 Å². The van der Waals surface area contributed by atoms with E-state index in [0.717, 1.165) is 28.5 Å². The first-order valence-electron chi connectivity index (χ1n) is 6.26. The van der Waals surface area contributed by atoms with E-state index in [1.54, 1.807) is 0 Å². The highest BCUT2D eigenvalue weighted by molar-refractivity contribution is 5.63. The van der Waals surface area contributed by atoms with Crippen molar-refractivity contribution in [2.45, 2.75) is 20.0 Å². The van der Waals surface area contributed by atoms with Gasteiger partial charge in [-0.15, -0.1) is 0 Å². The highest BCUT2D eigenvalue weighted by Crippen LogP contribution is 2.21. The lowest BCUT2D eigenvalue weighted by Gasteiger charge is -2.10. The second-order valence-electron chi connectivity index (χ2n) is 4.59. The number of anilines is 1. The molecule has 0 saturated heterocycles. The summed E-state index contributed by atoms with van der Waals surface area (Å²) >= 11 is 0. The molecule has 0 saturated carbocycles. The van der Waals surface area contributed by atoms with Gasteiger partial charge in [-0.1, -0.05) is 12.1 Å². The van der Waals surface area contributed by atoms with E-state index >= 15 is 0 Å². The fourth-order valence-electron chi connectivity index (χ4n) is 1.76. The molecule has 1 unspecified atom stereocenters. The zero-order chi connectivity index (χ0) is 13.8. The van der Waals surface area contributed by atoms with Crippen molar-refractivity contribution < 1.29 is 10.2 Å². The first-order valence-corrected chi connectivity index (χ1v) is 6.26. The smallest absolute Gasteiger partial charge is 0.137 e. The second kappa shape index (κ2) is 5.86. The lowest BCUT2D eigenvalue weighted by Crippen LogP contribution is -2.22. The largest absolute Gasteiger partial charge is 0.394 e. The zero-order valence-corrected chi connectivity index (χ0v) is 11.1. The lowest BCUT2D eigenvalue weighted by atomic mass is 10.2. The van der Waals surface area contributed by atoms with Gasteiger partial charge in [0.15, 0.2) is 0 Å². The molecule has 1 aromatic carbocycles. The molecule has 0 aliphatic rings. The Labute approximate surface area is 112 Å². The van der Waals surface area contributed by atoms with Gasteiger partial charge in [-0.3, -0.25) is 0 Å². The Kier molecular flexibility index (Phi) is 4.19. The van der Waals surface area contributed by atoms with E-state index in [2.05, 4.69) is 15.3 Å². The minimum Gasteiger partial charge on any atom is -0.394 e. The molecular formula is C14H19N3O2. The monoisotopic (exact) mass is 261 g/mol. The standard InChI is InChI=1S/C14H19N3O2/c1-9-10(2)17-14(16-9)11-4-3-5-12(6-11)15-7-13(19)8-18/h3-6,13,15,18-19H,7-8H2,1-2H3,(H,16,17). The van der Waals surface area contributed by atoms with Crippen molar-refractivity contribution in [1.82, 2.24) is 9.97 Å². The Balaban J connectivity index is 2.15. The molecular weight excluding hydrogens is 242 g/mol. The molecule has 2 aromatic rings. The maximum atomic E-state index is 9.31. The van der Waals surface area contributed by atoms with Gasteiger partial charge in [-0.25, -0.2) is 4.98 Å². The average molecular weight is 261 g/mol. The summed E-state index contributed by atoms with van der Waals surface area (Å²) in [6, 6.07) is 7.78. The Bertz CT molecular complexity index is 532. The number of nitrogens with zero attached hydrogens (tertiary/aromatic N) is 1. The summed E-state index contributed by atoms with van der Waals surface area (Å²) < 4.78 is 0. The first kappa shape index (κ1) is 13.6. The van der Waals surface area contributed by atoms with Crippen molar-refractivity contribution >= 4 is 5.69 Å². The Morgan fingerprint density at radius 3 is 2.79 bits per heavy atom. The summed E-state index contributed by atoms with van der Waals surface area (Å²) in [5.74, 6) is 0.835. The molecule has 1 aromatic heterocycles. The molecule has 0 aliphatic carbocycles. The lowest BCUT2D eigenvalue weighted by molar-refractivity contribution is 0.105. The highest BCUT2D eigenvalue weighted by Gasteiger charge is 2.06. The van der Waals surface area contributed by atoms with Crippen LogP contribution in [0.3, 0.4) is 0 Å². The van der Waals surface area contributed by atoms with Crippen molar-refractivity contribution in [3.05, 3.63) is 35.7 Å². The predicted molar refractivity (Wildman–Crippen MR) is 75.1 cm³/mol. The molecule has 5 heteroatoms. The number of rotatable bonds is 5. The van der Waals surface area contributed by atoms with E-state index in [1.807, 2.05) is 38.1 Å². The number of aromatic amines is 1. The van der Waals surface area contributed by atoms with Gasteiger partial charge in [0.05, 0.1) is 18.4 Å². The molecule has 0 aliphatic heterocycles. The topological polar surface area (TPSA) is 81.2 Å². The van der Waals surface area contributed by atoms with Crippen molar-refractivity contribution in [1.29, 1.82) is 0 Å². The molecule has 0 spiro atoms. The van der Waals surface area contributed by atoms with Gasteiger partial charge in [-0.2, -0.15) is 0 Å². The van der Waals surface area contributed by atoms with Crippen molar-refractivity contribution in [2.75, 3.05) is 18.5 Å². The molecule has 0 bridgehead atoms. The van der Waals surface area contributed by atoms with E-state index in [9.17, 15) is 5.11 Å². The predicted octanol–water partition coefficient (Wildman–Crippen LogP) is 1.46. The Morgan fingerprint density at radius 1 is 1.37 bits per heavy atom. The molecule has 1 heterocycles. The van der Waals surface area contributed by atoms with Gasteiger partial charge in [0.2, 0.25) is 0 Å². The van der Waals surface area contributed by atoms with Crippen LogP contribution < -0.4 is 5.32 Å². The molecule has 2 rings (SSSR count). The summed E-state index contributed by atoms with van der Waals surface area (Å²) in [5, 5.41) is 21.2. The number of H-pyrrole nitrogens is 1. The van der Waals surface area contributed by atoms with Crippen LogP contribution in [0.2, 0.25) is 0 Å². The van der Waals surface area contributed by atoms with E-state index in [4.69, 9.17) is 5.11 Å². The number of aliphatic hydroxyl groups excluding tert-OH is 2. The molecule has 0 amide bonds. The fourth-order valence-corrected chi connectivity index (χ4v) is 1.76. The quantitative estimate of drug-likeness (QED) is 0.657. The summed E-state index contributed by atoms with van der Waals surface area (Å²) in [7, 11) is 0. The van der Waals surface area contributed by atoms with Crippen LogP contribution in [0.1, 0.15) is 11.4 Å². The summed E-state index contributed by atoms with van der Waals surface area (Å²) in [4.78, 5) is 7.70. The minimum absolute atomic E-state index is 0.247. The Morgan fingerprint density at radius 2 is 2.16 bits per heavy atom. The van der Waals surface area contributed by atoms with Gasteiger partial charge in [0.1, 0.15) is 5.82 Å². The third-order valence-electron chi connectivity index (χ3n) is 3.02. The fraction of sp³-hybridized carbons (Fsp3) is 0.357. The molecule has 5 nitrogen and oxygen atoms in total. The van der Waals surface area contributed by atoms with Crippen LogP contribution >= 0.6 is 0 Å². The van der Waals surface area contributed by atoms with Gasteiger partial charge in [0.25, 0.3) is 0 Å². The number of aliphatic hydroxyl groups is 2. The normalized spacial score (nSPS) is 12.4. The minimum atomic E-state index is -0.753. The maximum absolute atomic E-state index is 9.31. The van der Waals surface area contributed by atoms with Crippen molar-refractivity contribution in [3.63, 3.8) is 0 Å². The van der Waals surface area contributed by atoms with E-state index in [-0.39, 0.29) is 6.61 Å². The van der Waals surface area contributed by atoms with E-state index in [0.29, 0.717) is 6.54 Å². The first-order chi connectivity index (χ1) is 9.10. The third-order valence-corrected chi connectivity index (χ3v) is 3.02. The number of aromatic nitrogens is 2. The van der Waals surface area contributed by atoms with Crippen LogP contribution in [0.4, 0.5) is 5.69 Å². The third kappa shape index (κ3) is 3.33. The molecule has 4 N–H and O–H groups in total. The van der Waals surface area contributed by atoms with Crippen LogP contribution in [0, 0.1) is 13.8 Å². The SMILES string of the molecule is Cc1nc(-c2cccc(NCC(O)CO)c2)[nH]c1C. The molecule has 1 atom stereocenters. The van der Waals surface area contributed by atoms with Crippen LogP contribution in [0.5, 0.6) is 0 Å². The van der Waals surface area contributed by atoms with Crippen LogP contribution in [-0.2, 0) is 0 Å². The van der Waals surface area contributed by atoms with E-state index in [1.165, 1.54) is 0 Å². The molecule has 102 valence electrons. The Hall–Kier alpha value is -1.85. The van der Waals surface area contributed by atoms with Crippen LogP contribution in [0.15, 0.2) is 24.3 Å². The number of hydrogen-bond acceptors (Lipinski definition) is 4. The molecule has 19 heavy (non-hydrogen) atoms. The second-order valence-corrected chi connectivity index (χ2v) is 4.59. The summed E-state index contributed by atoms with van der Waals surface area (Å²) in [6.07, 6.45) is -0.753. The van der Waals surface area contributed by atoms with Gasteiger partial charge < -0.3 is 20.5 Å². The number of benzene rings is 1. The number of hydrogen-bond donors (Lipinski definition) is 4. The van der Waals surface area contributed by atoms with Crippen molar-refractivity contribution in [2.24, 2.45) is 0 Å². The molecule has 0 radical (unpaired) electrons. The average Bonchev–Trinajstić information content (AvgIpc) is 2.76. The maximum Gasteiger partial charge on any atom is 0.137 e. The summed E-state index contributed by atoms with van der Waals surface area (Å²) in [6.45, 7) is 4.03. The highest BCUT2D eigenvalue weighted by atomic mass is 16.3. The van der Waals surface area contributed by atoms with Gasteiger partial charge in [0, 0.05) is 23.5 Å². The van der Waals surface area contributed by atoms with Crippen molar-refractivity contribution in [3.8, 4) is 11.4 Å². The zero-order valence-electron chi connectivity index (χ0n) is 11.1. The van der Waals surface area contributed by atoms with Crippen LogP contribution in [0.25, 0.3) is 11.4 Å². The number of aryl methyl sites for hydroxylation is 2. The van der Waals surface area contributed by atoms with E-state index < -0.39 is 6.10 Å². The number of nitrogens with one attached hydrogen (secondary N) is 2. The molecule has 0 fully saturated rings. The van der Waals surface area contributed by atoms with Gasteiger partial charge in [-0.05, 0) is 26.0 Å². The summed E-state index contributed by atoms with van der Waals surface area (Å²) in [5.41, 5.74) is 3.92. The van der Waals surface area contributed by atoms with Gasteiger partial charge >= 0.3 is 0 Å².